The third-order valence-corrected chi connectivity index (χ3v) is 2.05. The molecule has 74 valence electrons. The van der Waals surface area contributed by atoms with Gasteiger partial charge in [-0.15, -0.1) is 5.10 Å². The van der Waals surface area contributed by atoms with Crippen molar-refractivity contribution in [2.24, 2.45) is 0 Å². The normalized spacial score (nSPS) is 9.87. The molecule has 0 aliphatic heterocycles. The van der Waals surface area contributed by atoms with Crippen molar-refractivity contribution in [3.05, 3.63) is 48.7 Å². The van der Waals surface area contributed by atoms with E-state index in [1.54, 1.807) is 12.1 Å². The summed E-state index contributed by atoms with van der Waals surface area (Å²) < 4.78 is 0. The van der Waals surface area contributed by atoms with Gasteiger partial charge in [-0.2, -0.15) is 5.10 Å². The Balaban J connectivity index is 2.51. The van der Waals surface area contributed by atoms with Crippen LogP contribution < -0.4 is 0 Å². The van der Waals surface area contributed by atoms with E-state index < -0.39 is 0 Å². The van der Waals surface area contributed by atoms with Crippen LogP contribution in [0.1, 0.15) is 5.69 Å². The minimum absolute atomic E-state index is 0.117. The van der Waals surface area contributed by atoms with Crippen molar-refractivity contribution in [1.29, 1.82) is 0 Å². The summed E-state index contributed by atoms with van der Waals surface area (Å²) in [6.45, 7) is 3.56. The lowest BCUT2D eigenvalue weighted by Crippen LogP contribution is -1.90. The highest BCUT2D eigenvalue weighted by atomic mass is 16.3. The zero-order valence-electron chi connectivity index (χ0n) is 8.09. The van der Waals surface area contributed by atoms with Gasteiger partial charge in [0.2, 0.25) is 0 Å². The first-order chi connectivity index (χ1) is 7.31. The van der Waals surface area contributed by atoms with Crippen molar-refractivity contribution in [3.63, 3.8) is 0 Å². The van der Waals surface area contributed by atoms with Crippen molar-refractivity contribution >= 4 is 6.08 Å². The Bertz CT molecular complexity index is 480. The van der Waals surface area contributed by atoms with E-state index in [0.29, 0.717) is 11.4 Å². The molecule has 2 rings (SSSR count). The lowest BCUT2D eigenvalue weighted by molar-refractivity contribution is 0.473. The zero-order chi connectivity index (χ0) is 10.7. The van der Waals surface area contributed by atoms with Gasteiger partial charge in [0, 0.05) is 11.6 Å². The summed E-state index contributed by atoms with van der Waals surface area (Å²) in [4.78, 5) is 0. The maximum Gasteiger partial charge on any atom is 0.145 e. The van der Waals surface area contributed by atoms with Crippen LogP contribution in [0, 0.1) is 0 Å². The third-order valence-electron chi connectivity index (χ3n) is 2.05. The number of aromatic hydroxyl groups is 1. The number of rotatable bonds is 2. The lowest BCUT2D eigenvalue weighted by atomic mass is 10.1. The van der Waals surface area contributed by atoms with Gasteiger partial charge in [0.05, 0.1) is 5.69 Å². The molecule has 0 bridgehead atoms. The molecule has 1 N–H and O–H groups in total. The van der Waals surface area contributed by atoms with E-state index in [2.05, 4.69) is 16.8 Å². The standard InChI is InChI=1S/C12H10N2O/c1-2-10-8-11(15)12(14-13-10)9-6-4-3-5-7-9/h2-8H,1H2,(H,13,15). The highest BCUT2D eigenvalue weighted by Gasteiger charge is 2.06. The van der Waals surface area contributed by atoms with Crippen LogP contribution in [-0.4, -0.2) is 15.3 Å². The van der Waals surface area contributed by atoms with Gasteiger partial charge in [0.25, 0.3) is 0 Å². The van der Waals surface area contributed by atoms with Gasteiger partial charge in [0.1, 0.15) is 11.4 Å². The van der Waals surface area contributed by atoms with E-state index in [0.717, 1.165) is 5.56 Å². The minimum atomic E-state index is 0.117. The van der Waals surface area contributed by atoms with Gasteiger partial charge in [-0.05, 0) is 6.08 Å². The molecular weight excluding hydrogens is 188 g/mol. The number of benzene rings is 1. The summed E-state index contributed by atoms with van der Waals surface area (Å²) in [5, 5.41) is 17.6. The number of hydrogen-bond acceptors (Lipinski definition) is 3. The average molecular weight is 198 g/mol. The molecule has 0 amide bonds. The van der Waals surface area contributed by atoms with E-state index in [9.17, 15) is 5.11 Å². The van der Waals surface area contributed by atoms with E-state index in [1.165, 1.54) is 0 Å². The van der Waals surface area contributed by atoms with Gasteiger partial charge in [-0.1, -0.05) is 36.9 Å². The Morgan fingerprint density at radius 2 is 1.87 bits per heavy atom. The van der Waals surface area contributed by atoms with Gasteiger partial charge in [0.15, 0.2) is 0 Å². The summed E-state index contributed by atoms with van der Waals surface area (Å²) in [5.74, 6) is 0.117. The lowest BCUT2D eigenvalue weighted by Gasteiger charge is -2.02. The molecule has 0 saturated heterocycles. The average Bonchev–Trinajstić information content (AvgIpc) is 2.30. The summed E-state index contributed by atoms with van der Waals surface area (Å²) in [6.07, 6.45) is 1.54. The fourth-order valence-corrected chi connectivity index (χ4v) is 1.30. The molecule has 0 atom stereocenters. The first-order valence-corrected chi connectivity index (χ1v) is 4.56. The van der Waals surface area contributed by atoms with Crippen LogP contribution in [0.15, 0.2) is 43.0 Å². The predicted molar refractivity (Wildman–Crippen MR) is 59.2 cm³/mol. The number of aromatic nitrogens is 2. The highest BCUT2D eigenvalue weighted by molar-refractivity contribution is 5.66. The highest BCUT2D eigenvalue weighted by Crippen LogP contribution is 2.26. The van der Waals surface area contributed by atoms with Crippen LogP contribution in [0.2, 0.25) is 0 Å². The van der Waals surface area contributed by atoms with Crippen LogP contribution >= 0.6 is 0 Å². The van der Waals surface area contributed by atoms with Crippen molar-refractivity contribution in [3.8, 4) is 17.0 Å². The van der Waals surface area contributed by atoms with Gasteiger partial charge in [-0.3, -0.25) is 0 Å². The molecule has 1 heterocycles. The van der Waals surface area contributed by atoms with E-state index in [1.807, 2.05) is 30.3 Å². The maximum absolute atomic E-state index is 9.73. The van der Waals surface area contributed by atoms with Crippen molar-refractivity contribution in [2.75, 3.05) is 0 Å². The van der Waals surface area contributed by atoms with E-state index >= 15 is 0 Å². The van der Waals surface area contributed by atoms with Crippen LogP contribution in [0.25, 0.3) is 17.3 Å². The number of nitrogens with zero attached hydrogens (tertiary/aromatic N) is 2. The Hall–Kier alpha value is -2.16. The van der Waals surface area contributed by atoms with Crippen molar-refractivity contribution in [1.82, 2.24) is 10.2 Å². The second kappa shape index (κ2) is 3.92. The Kier molecular flexibility index (Phi) is 2.46. The SMILES string of the molecule is C=Cc1cc(O)c(-c2ccccc2)nn1. The second-order valence-corrected chi connectivity index (χ2v) is 3.07. The minimum Gasteiger partial charge on any atom is -0.506 e. The third kappa shape index (κ3) is 1.86. The van der Waals surface area contributed by atoms with Crippen molar-refractivity contribution < 1.29 is 5.11 Å². The van der Waals surface area contributed by atoms with Gasteiger partial charge >= 0.3 is 0 Å². The quantitative estimate of drug-likeness (QED) is 0.806. The first kappa shape index (κ1) is 9.40. The van der Waals surface area contributed by atoms with E-state index in [-0.39, 0.29) is 5.75 Å². The molecule has 3 nitrogen and oxygen atoms in total. The molecule has 1 aromatic carbocycles. The Morgan fingerprint density at radius 1 is 1.13 bits per heavy atom. The van der Waals surface area contributed by atoms with Crippen LogP contribution in [0.3, 0.4) is 0 Å². The smallest absolute Gasteiger partial charge is 0.145 e. The molecule has 0 saturated carbocycles. The summed E-state index contributed by atoms with van der Waals surface area (Å²) in [7, 11) is 0. The Labute approximate surface area is 87.7 Å². The fourth-order valence-electron chi connectivity index (χ4n) is 1.30. The summed E-state index contributed by atoms with van der Waals surface area (Å²) in [5.41, 5.74) is 1.89. The molecule has 15 heavy (non-hydrogen) atoms. The van der Waals surface area contributed by atoms with Crippen molar-refractivity contribution in [2.45, 2.75) is 0 Å². The summed E-state index contributed by atoms with van der Waals surface area (Å²) in [6, 6.07) is 11.0. The predicted octanol–water partition coefficient (Wildman–Crippen LogP) is 2.49. The molecule has 1 aromatic heterocycles. The van der Waals surface area contributed by atoms with Crippen LogP contribution in [0.5, 0.6) is 5.75 Å². The van der Waals surface area contributed by atoms with Gasteiger partial charge in [-0.25, -0.2) is 0 Å². The largest absolute Gasteiger partial charge is 0.506 e. The fraction of sp³-hybridized carbons (Fsp3) is 0. The molecule has 0 spiro atoms. The molecule has 3 heteroatoms. The molecule has 0 aliphatic rings. The first-order valence-electron chi connectivity index (χ1n) is 4.56. The number of hydrogen-bond donors (Lipinski definition) is 1. The molecule has 0 unspecified atom stereocenters. The molecule has 0 radical (unpaired) electrons. The molecular formula is C12H10N2O. The molecule has 2 aromatic rings. The molecule has 0 aliphatic carbocycles. The van der Waals surface area contributed by atoms with Crippen LogP contribution in [0.4, 0.5) is 0 Å². The summed E-state index contributed by atoms with van der Waals surface area (Å²) >= 11 is 0. The second-order valence-electron chi connectivity index (χ2n) is 3.07. The monoisotopic (exact) mass is 198 g/mol. The maximum atomic E-state index is 9.73. The van der Waals surface area contributed by atoms with Gasteiger partial charge < -0.3 is 5.11 Å². The Morgan fingerprint density at radius 3 is 2.47 bits per heavy atom. The topological polar surface area (TPSA) is 46.0 Å². The molecule has 0 fully saturated rings. The van der Waals surface area contributed by atoms with Crippen LogP contribution in [-0.2, 0) is 0 Å². The van der Waals surface area contributed by atoms with E-state index in [4.69, 9.17) is 0 Å². The zero-order valence-corrected chi connectivity index (χ0v) is 8.09.